The molecule has 0 saturated heterocycles. The zero-order chi connectivity index (χ0) is 14.8. The van der Waals surface area contributed by atoms with Crippen molar-refractivity contribution in [1.82, 2.24) is 5.32 Å². The maximum atomic E-state index is 6.29. The molecule has 21 heavy (non-hydrogen) atoms. The molecule has 1 atom stereocenters. The van der Waals surface area contributed by atoms with Gasteiger partial charge in [-0.3, -0.25) is 0 Å². The number of hydrogen-bond acceptors (Lipinski definition) is 3. The van der Waals surface area contributed by atoms with E-state index in [0.717, 1.165) is 46.7 Å². The van der Waals surface area contributed by atoms with Gasteiger partial charge in [0.25, 0.3) is 0 Å². The number of hydrogen-bond donors (Lipinski definition) is 1. The molecule has 1 aliphatic heterocycles. The van der Waals surface area contributed by atoms with E-state index in [-0.39, 0.29) is 6.04 Å². The fraction of sp³-hybridized carbons (Fsp3) is 0.375. The summed E-state index contributed by atoms with van der Waals surface area (Å²) < 4.78 is 6.65. The topological polar surface area (TPSA) is 21.3 Å². The Balaban J connectivity index is 2.04. The van der Waals surface area contributed by atoms with E-state index in [0.29, 0.717) is 0 Å². The van der Waals surface area contributed by atoms with Crippen LogP contribution >= 0.6 is 34.5 Å². The highest BCUT2D eigenvalue weighted by Crippen LogP contribution is 2.40. The van der Waals surface area contributed by atoms with E-state index in [1.165, 1.54) is 10.4 Å². The monoisotopic (exact) mass is 341 g/mol. The van der Waals surface area contributed by atoms with Gasteiger partial charge >= 0.3 is 0 Å². The van der Waals surface area contributed by atoms with Gasteiger partial charge in [-0.2, -0.15) is 0 Å². The molecule has 0 aliphatic carbocycles. The average Bonchev–Trinajstić information content (AvgIpc) is 3.08. The van der Waals surface area contributed by atoms with Crippen LogP contribution in [0.1, 0.15) is 35.4 Å². The Hall–Kier alpha value is -0.740. The van der Waals surface area contributed by atoms with E-state index < -0.39 is 0 Å². The molecule has 0 radical (unpaired) electrons. The van der Waals surface area contributed by atoms with Gasteiger partial charge in [-0.05, 0) is 42.8 Å². The zero-order valence-electron chi connectivity index (χ0n) is 11.8. The molecule has 112 valence electrons. The molecule has 0 saturated carbocycles. The lowest BCUT2D eigenvalue weighted by Gasteiger charge is -2.20. The van der Waals surface area contributed by atoms with Crippen LogP contribution in [0.15, 0.2) is 24.3 Å². The maximum Gasteiger partial charge on any atom is 0.127 e. The summed E-state index contributed by atoms with van der Waals surface area (Å²) in [6.45, 7) is 3.82. The Kier molecular flexibility index (Phi) is 4.75. The van der Waals surface area contributed by atoms with Crippen molar-refractivity contribution in [3.63, 3.8) is 0 Å². The SMILES string of the molecule is CCCNC(c1ccc(Cl)s1)c1cc(Cl)cc2c1OCC2. The van der Waals surface area contributed by atoms with Crippen LogP contribution < -0.4 is 10.1 Å². The fourth-order valence-electron chi connectivity index (χ4n) is 2.65. The first-order chi connectivity index (χ1) is 10.2. The molecular formula is C16H17Cl2NOS. The van der Waals surface area contributed by atoms with Crippen molar-refractivity contribution in [3.8, 4) is 5.75 Å². The van der Waals surface area contributed by atoms with Crippen LogP contribution in [-0.4, -0.2) is 13.2 Å². The first-order valence-electron chi connectivity index (χ1n) is 7.12. The summed E-state index contributed by atoms with van der Waals surface area (Å²) in [5.41, 5.74) is 2.31. The average molecular weight is 342 g/mol. The van der Waals surface area contributed by atoms with Crippen LogP contribution in [0.25, 0.3) is 0 Å². The summed E-state index contributed by atoms with van der Waals surface area (Å²) in [5, 5.41) is 4.35. The second-order valence-corrected chi connectivity index (χ2v) is 7.29. The summed E-state index contributed by atoms with van der Waals surface area (Å²) >= 11 is 14.0. The van der Waals surface area contributed by atoms with Gasteiger partial charge in [0, 0.05) is 21.9 Å². The third-order valence-corrected chi connectivity index (χ3v) is 5.08. The van der Waals surface area contributed by atoms with Gasteiger partial charge in [0.05, 0.1) is 17.0 Å². The smallest absolute Gasteiger partial charge is 0.127 e. The molecule has 1 aliphatic rings. The van der Waals surface area contributed by atoms with E-state index >= 15 is 0 Å². The van der Waals surface area contributed by atoms with Crippen LogP contribution in [0.2, 0.25) is 9.36 Å². The Morgan fingerprint density at radius 2 is 2.19 bits per heavy atom. The van der Waals surface area contributed by atoms with Crippen LogP contribution in [0, 0.1) is 0 Å². The van der Waals surface area contributed by atoms with Crippen LogP contribution in [-0.2, 0) is 6.42 Å². The van der Waals surface area contributed by atoms with E-state index in [9.17, 15) is 0 Å². The van der Waals surface area contributed by atoms with E-state index in [4.69, 9.17) is 27.9 Å². The largest absolute Gasteiger partial charge is 0.493 e. The van der Waals surface area contributed by atoms with Crippen molar-refractivity contribution >= 4 is 34.5 Å². The van der Waals surface area contributed by atoms with Gasteiger partial charge in [0.2, 0.25) is 0 Å². The molecule has 0 bridgehead atoms. The molecule has 0 amide bonds. The third-order valence-electron chi connectivity index (χ3n) is 3.57. The number of fused-ring (bicyclic) bond motifs is 1. The molecular weight excluding hydrogens is 325 g/mol. The summed E-state index contributed by atoms with van der Waals surface area (Å²) in [6.07, 6.45) is 1.99. The Morgan fingerprint density at radius 1 is 1.33 bits per heavy atom. The second kappa shape index (κ2) is 6.57. The first-order valence-corrected chi connectivity index (χ1v) is 8.70. The van der Waals surface area contributed by atoms with E-state index in [1.54, 1.807) is 11.3 Å². The zero-order valence-corrected chi connectivity index (χ0v) is 14.1. The molecule has 3 rings (SSSR count). The lowest BCUT2D eigenvalue weighted by atomic mass is 10.0. The summed E-state index contributed by atoms with van der Waals surface area (Å²) in [4.78, 5) is 1.19. The normalized spacial score (nSPS) is 14.8. The maximum absolute atomic E-state index is 6.29. The van der Waals surface area contributed by atoms with Crippen molar-refractivity contribution in [3.05, 3.63) is 49.6 Å². The molecule has 2 nitrogen and oxygen atoms in total. The fourth-order valence-corrected chi connectivity index (χ4v) is 4.05. The van der Waals surface area contributed by atoms with Gasteiger partial charge in [-0.1, -0.05) is 30.1 Å². The lowest BCUT2D eigenvalue weighted by molar-refractivity contribution is 0.350. The quantitative estimate of drug-likeness (QED) is 0.818. The summed E-state index contributed by atoms with van der Waals surface area (Å²) in [6, 6.07) is 8.10. The molecule has 0 fully saturated rings. The minimum absolute atomic E-state index is 0.0769. The number of halogens is 2. The van der Waals surface area contributed by atoms with Crippen molar-refractivity contribution in [1.29, 1.82) is 0 Å². The van der Waals surface area contributed by atoms with E-state index in [2.05, 4.69) is 18.3 Å². The predicted octanol–water partition coefficient (Wildman–Crippen LogP) is 5.08. The molecule has 2 heterocycles. The highest BCUT2D eigenvalue weighted by molar-refractivity contribution is 7.16. The van der Waals surface area contributed by atoms with Crippen LogP contribution in [0.3, 0.4) is 0 Å². The number of nitrogens with one attached hydrogen (secondary N) is 1. The minimum atomic E-state index is 0.0769. The molecule has 1 aromatic heterocycles. The molecule has 5 heteroatoms. The van der Waals surface area contributed by atoms with Gasteiger partial charge in [0.1, 0.15) is 5.75 Å². The Bertz CT molecular complexity index is 641. The predicted molar refractivity (Wildman–Crippen MR) is 90.1 cm³/mol. The third kappa shape index (κ3) is 3.21. The van der Waals surface area contributed by atoms with Crippen molar-refractivity contribution in [2.75, 3.05) is 13.2 Å². The highest BCUT2D eigenvalue weighted by atomic mass is 35.5. The van der Waals surface area contributed by atoms with Crippen LogP contribution in [0.4, 0.5) is 0 Å². The molecule has 1 N–H and O–H groups in total. The van der Waals surface area contributed by atoms with Gasteiger partial charge in [-0.15, -0.1) is 11.3 Å². The lowest BCUT2D eigenvalue weighted by Crippen LogP contribution is -2.23. The Morgan fingerprint density at radius 3 is 2.90 bits per heavy atom. The molecule has 1 unspecified atom stereocenters. The number of rotatable bonds is 5. The van der Waals surface area contributed by atoms with Crippen molar-refractivity contribution < 1.29 is 4.74 Å². The van der Waals surface area contributed by atoms with E-state index in [1.807, 2.05) is 18.2 Å². The molecule has 1 aromatic carbocycles. The highest BCUT2D eigenvalue weighted by Gasteiger charge is 2.25. The summed E-state index contributed by atoms with van der Waals surface area (Å²) in [7, 11) is 0. The first kappa shape index (κ1) is 15.2. The number of benzene rings is 1. The second-order valence-electron chi connectivity index (χ2n) is 5.11. The van der Waals surface area contributed by atoms with Crippen molar-refractivity contribution in [2.45, 2.75) is 25.8 Å². The van der Waals surface area contributed by atoms with Gasteiger partial charge in [-0.25, -0.2) is 0 Å². The van der Waals surface area contributed by atoms with Gasteiger partial charge < -0.3 is 10.1 Å². The Labute approximate surface area is 139 Å². The number of ether oxygens (including phenoxy) is 1. The number of thiophene rings is 1. The standard InChI is InChI=1S/C16H17Cl2NOS/c1-2-6-19-15(13-3-4-14(18)21-13)12-9-11(17)8-10-5-7-20-16(10)12/h3-4,8-9,15,19H,2,5-7H2,1H3. The summed E-state index contributed by atoms with van der Waals surface area (Å²) in [5.74, 6) is 0.984. The van der Waals surface area contributed by atoms with Crippen molar-refractivity contribution in [2.24, 2.45) is 0 Å². The molecule has 0 spiro atoms. The molecule has 2 aromatic rings. The minimum Gasteiger partial charge on any atom is -0.493 e. The van der Waals surface area contributed by atoms with Gasteiger partial charge in [0.15, 0.2) is 0 Å². The van der Waals surface area contributed by atoms with Crippen LogP contribution in [0.5, 0.6) is 5.75 Å².